The fraction of sp³-hybridized carbons (Fsp3) is 0.478. The van der Waals surface area contributed by atoms with Crippen molar-refractivity contribution in [3.8, 4) is 5.75 Å². The summed E-state index contributed by atoms with van der Waals surface area (Å²) in [6, 6.07) is 11.4. The molecular formula is C23H26BrClO3. The maximum Gasteiger partial charge on any atom is 0.148 e. The molecule has 1 saturated carbocycles. The van der Waals surface area contributed by atoms with Crippen molar-refractivity contribution in [2.45, 2.75) is 62.6 Å². The number of aromatic hydroxyl groups is 1. The van der Waals surface area contributed by atoms with Crippen LogP contribution in [-0.2, 0) is 17.4 Å². The molecule has 0 bridgehead atoms. The molecule has 0 spiro atoms. The summed E-state index contributed by atoms with van der Waals surface area (Å²) in [5.41, 5.74) is 0.0369. The first-order valence-corrected chi connectivity index (χ1v) is 11.0. The average Bonchev–Trinajstić information content (AvgIpc) is 2.68. The van der Waals surface area contributed by atoms with Gasteiger partial charge in [0.05, 0.1) is 15.1 Å². The van der Waals surface area contributed by atoms with Crippen LogP contribution in [0.2, 0.25) is 5.02 Å². The lowest BCUT2D eigenvalue weighted by Crippen LogP contribution is -2.62. The molecule has 1 fully saturated rings. The Labute approximate surface area is 179 Å². The van der Waals surface area contributed by atoms with Crippen molar-refractivity contribution in [2.75, 3.05) is 0 Å². The Morgan fingerprint density at radius 3 is 2.54 bits per heavy atom. The second-order valence-electron chi connectivity index (χ2n) is 8.67. The number of rotatable bonds is 2. The Morgan fingerprint density at radius 2 is 1.89 bits per heavy atom. The van der Waals surface area contributed by atoms with Crippen LogP contribution in [0.4, 0.5) is 0 Å². The third kappa shape index (κ3) is 2.68. The van der Waals surface area contributed by atoms with E-state index in [9.17, 15) is 15.3 Å². The summed E-state index contributed by atoms with van der Waals surface area (Å²) >= 11 is 9.86. The summed E-state index contributed by atoms with van der Waals surface area (Å²) in [7, 11) is 0. The first kappa shape index (κ1) is 20.2. The molecule has 0 radical (unpaired) electrons. The molecule has 3 unspecified atom stereocenters. The highest BCUT2D eigenvalue weighted by atomic mass is 79.9. The Kier molecular flexibility index (Phi) is 4.86. The number of fused-ring (bicyclic) bond motifs is 3. The summed E-state index contributed by atoms with van der Waals surface area (Å²) in [6.07, 6.45) is 3.46. The molecule has 150 valence electrons. The lowest BCUT2D eigenvalue weighted by molar-refractivity contribution is -0.205. The van der Waals surface area contributed by atoms with Gasteiger partial charge in [0.15, 0.2) is 0 Å². The zero-order valence-electron chi connectivity index (χ0n) is 16.2. The van der Waals surface area contributed by atoms with Crippen LogP contribution in [0.15, 0.2) is 40.9 Å². The van der Waals surface area contributed by atoms with E-state index in [0.29, 0.717) is 22.3 Å². The molecule has 2 aromatic rings. The van der Waals surface area contributed by atoms with E-state index >= 15 is 0 Å². The summed E-state index contributed by atoms with van der Waals surface area (Å²) in [5, 5.41) is 33.9. The Balaban J connectivity index is 1.88. The molecule has 2 aliphatic carbocycles. The lowest BCUT2D eigenvalue weighted by atomic mass is 9.49. The smallest absolute Gasteiger partial charge is 0.148 e. The van der Waals surface area contributed by atoms with Crippen molar-refractivity contribution in [2.24, 2.45) is 5.92 Å². The SMILES string of the molecule is CCC12CC(C)(O)C(O)(c3ccccc3)C[C@H]1CCc1c2cc(Cl)c(O)c1Br. The lowest BCUT2D eigenvalue weighted by Gasteiger charge is -2.59. The predicted molar refractivity (Wildman–Crippen MR) is 115 cm³/mol. The normalized spacial score (nSPS) is 34.6. The monoisotopic (exact) mass is 464 g/mol. The van der Waals surface area contributed by atoms with E-state index in [2.05, 4.69) is 22.9 Å². The minimum Gasteiger partial charge on any atom is -0.505 e. The van der Waals surface area contributed by atoms with Crippen molar-refractivity contribution >= 4 is 27.5 Å². The van der Waals surface area contributed by atoms with Crippen LogP contribution in [0.3, 0.4) is 0 Å². The molecule has 2 aliphatic rings. The Bertz CT molecular complexity index is 914. The minimum absolute atomic E-state index is 0.0773. The largest absolute Gasteiger partial charge is 0.505 e. The van der Waals surface area contributed by atoms with Crippen LogP contribution in [0.1, 0.15) is 56.2 Å². The molecule has 0 aliphatic heterocycles. The Hall–Kier alpha value is -1.07. The zero-order chi connectivity index (χ0) is 20.3. The van der Waals surface area contributed by atoms with Gasteiger partial charge >= 0.3 is 0 Å². The first-order valence-electron chi connectivity index (χ1n) is 9.87. The van der Waals surface area contributed by atoms with Gasteiger partial charge in [-0.3, -0.25) is 0 Å². The highest BCUT2D eigenvalue weighted by Crippen LogP contribution is 2.61. The fourth-order valence-electron chi connectivity index (χ4n) is 5.77. The van der Waals surface area contributed by atoms with E-state index in [1.54, 1.807) is 6.92 Å². The van der Waals surface area contributed by atoms with Crippen molar-refractivity contribution in [3.05, 3.63) is 62.6 Å². The van der Waals surface area contributed by atoms with Crippen molar-refractivity contribution in [3.63, 3.8) is 0 Å². The number of aliphatic hydroxyl groups is 2. The maximum absolute atomic E-state index is 11.7. The van der Waals surface area contributed by atoms with Crippen LogP contribution in [0, 0.1) is 5.92 Å². The molecule has 0 heterocycles. The van der Waals surface area contributed by atoms with Crippen LogP contribution < -0.4 is 0 Å². The van der Waals surface area contributed by atoms with Crippen LogP contribution in [0.25, 0.3) is 0 Å². The summed E-state index contributed by atoms with van der Waals surface area (Å²) in [4.78, 5) is 0. The number of phenols is 1. The molecule has 2 aromatic carbocycles. The molecule has 4 atom stereocenters. The maximum atomic E-state index is 11.7. The van der Waals surface area contributed by atoms with Gasteiger partial charge in [0, 0.05) is 5.41 Å². The number of hydrogen-bond donors (Lipinski definition) is 3. The van der Waals surface area contributed by atoms with E-state index in [1.807, 2.05) is 36.4 Å². The van der Waals surface area contributed by atoms with E-state index in [1.165, 1.54) is 0 Å². The van der Waals surface area contributed by atoms with Crippen molar-refractivity contribution in [1.82, 2.24) is 0 Å². The third-order valence-electron chi connectivity index (χ3n) is 7.33. The van der Waals surface area contributed by atoms with Crippen LogP contribution in [-0.4, -0.2) is 20.9 Å². The topological polar surface area (TPSA) is 60.7 Å². The second-order valence-corrected chi connectivity index (χ2v) is 9.87. The minimum atomic E-state index is -1.30. The van der Waals surface area contributed by atoms with Crippen molar-refractivity contribution in [1.29, 1.82) is 0 Å². The quantitative estimate of drug-likeness (QED) is 0.552. The van der Waals surface area contributed by atoms with Gasteiger partial charge in [-0.1, -0.05) is 48.9 Å². The van der Waals surface area contributed by atoms with Crippen molar-refractivity contribution < 1.29 is 15.3 Å². The molecule has 0 amide bonds. The van der Waals surface area contributed by atoms with Crippen LogP contribution >= 0.6 is 27.5 Å². The van der Waals surface area contributed by atoms with E-state index < -0.39 is 11.2 Å². The highest BCUT2D eigenvalue weighted by Gasteiger charge is 2.61. The zero-order valence-corrected chi connectivity index (χ0v) is 18.5. The van der Waals surface area contributed by atoms with Gasteiger partial charge in [0.1, 0.15) is 11.4 Å². The van der Waals surface area contributed by atoms with Gasteiger partial charge in [0.2, 0.25) is 0 Å². The molecular weight excluding hydrogens is 440 g/mol. The molecule has 5 heteroatoms. The van der Waals surface area contributed by atoms with E-state index in [0.717, 1.165) is 36.0 Å². The summed E-state index contributed by atoms with van der Waals surface area (Å²) in [5.74, 6) is 0.288. The molecule has 0 aromatic heterocycles. The van der Waals surface area contributed by atoms with Gasteiger partial charge in [-0.05, 0) is 83.6 Å². The molecule has 3 nitrogen and oxygen atoms in total. The number of hydrogen-bond acceptors (Lipinski definition) is 3. The number of benzene rings is 2. The number of phenolic OH excluding ortho intramolecular Hbond substituents is 1. The Morgan fingerprint density at radius 1 is 1.21 bits per heavy atom. The van der Waals surface area contributed by atoms with E-state index in [-0.39, 0.29) is 17.1 Å². The van der Waals surface area contributed by atoms with Crippen LogP contribution in [0.5, 0.6) is 5.75 Å². The molecule has 0 saturated heterocycles. The van der Waals surface area contributed by atoms with Gasteiger partial charge in [-0.15, -0.1) is 0 Å². The molecule has 4 rings (SSSR count). The predicted octanol–water partition coefficient (Wildman–Crippen LogP) is 5.45. The summed E-state index contributed by atoms with van der Waals surface area (Å²) in [6.45, 7) is 3.89. The number of halogens is 2. The van der Waals surface area contributed by atoms with E-state index in [4.69, 9.17) is 11.6 Å². The third-order valence-corrected chi connectivity index (χ3v) is 8.47. The van der Waals surface area contributed by atoms with Gasteiger partial charge in [0.25, 0.3) is 0 Å². The molecule has 3 N–H and O–H groups in total. The average molecular weight is 466 g/mol. The van der Waals surface area contributed by atoms with Gasteiger partial charge in [-0.2, -0.15) is 0 Å². The second kappa shape index (κ2) is 6.73. The standard InChI is InChI=1S/C23H26BrClO3/c1-3-22-13-21(2,27)23(28,14-7-5-4-6-8-14)12-15(22)9-10-16-17(22)11-18(25)20(26)19(16)24/h4-8,11,15,26-28H,3,9-10,12-13H2,1-2H3/t15-,21?,22?,23?/m1/s1. The highest BCUT2D eigenvalue weighted by molar-refractivity contribution is 9.10. The van der Waals surface area contributed by atoms with Gasteiger partial charge in [-0.25, -0.2) is 0 Å². The van der Waals surface area contributed by atoms with Gasteiger partial charge < -0.3 is 15.3 Å². The fourth-order valence-corrected chi connectivity index (χ4v) is 6.72. The molecule has 28 heavy (non-hydrogen) atoms. The first-order chi connectivity index (χ1) is 13.2. The summed E-state index contributed by atoms with van der Waals surface area (Å²) < 4.78 is 0.657.